The van der Waals surface area contributed by atoms with E-state index in [0.717, 1.165) is 16.0 Å². The highest BCUT2D eigenvalue weighted by atomic mass is 35.5. The van der Waals surface area contributed by atoms with Gasteiger partial charge in [0.15, 0.2) is 0 Å². The zero-order valence-electron chi connectivity index (χ0n) is 9.26. The number of nitrogens with two attached hydrogens (primary N) is 1. The third-order valence-corrected chi connectivity index (χ3v) is 3.96. The molecule has 90 valence electrons. The normalized spacial score (nSPS) is 10.7. The van der Waals surface area contributed by atoms with Crippen molar-refractivity contribution in [2.75, 3.05) is 5.73 Å². The highest BCUT2D eigenvalue weighted by Crippen LogP contribution is 2.41. The Kier molecular flexibility index (Phi) is 2.81. The summed E-state index contributed by atoms with van der Waals surface area (Å²) in [5.41, 5.74) is 8.32. The molecule has 0 saturated heterocycles. The SMILES string of the molecule is Nc1onc(-c2sccc2Cl)c1-c1ccccc1. The maximum absolute atomic E-state index is 6.13. The molecule has 2 aromatic heterocycles. The molecular weight excluding hydrogens is 268 g/mol. The van der Waals surface area contributed by atoms with Gasteiger partial charge in [-0.2, -0.15) is 0 Å². The lowest BCUT2D eigenvalue weighted by atomic mass is 10.1. The summed E-state index contributed by atoms with van der Waals surface area (Å²) in [4.78, 5) is 0.871. The summed E-state index contributed by atoms with van der Waals surface area (Å²) in [7, 11) is 0. The van der Waals surface area contributed by atoms with E-state index in [9.17, 15) is 0 Å². The zero-order chi connectivity index (χ0) is 12.5. The van der Waals surface area contributed by atoms with Crippen molar-refractivity contribution in [1.82, 2.24) is 5.16 Å². The molecule has 0 unspecified atom stereocenters. The van der Waals surface area contributed by atoms with Crippen molar-refractivity contribution in [2.24, 2.45) is 0 Å². The van der Waals surface area contributed by atoms with Gasteiger partial charge in [0, 0.05) is 0 Å². The van der Waals surface area contributed by atoms with Crippen molar-refractivity contribution in [3.05, 3.63) is 46.8 Å². The number of rotatable bonds is 2. The van der Waals surface area contributed by atoms with Crippen LogP contribution in [0.15, 0.2) is 46.3 Å². The highest BCUT2D eigenvalue weighted by Gasteiger charge is 2.19. The van der Waals surface area contributed by atoms with Gasteiger partial charge in [-0.05, 0) is 17.0 Å². The summed E-state index contributed by atoms with van der Waals surface area (Å²) >= 11 is 7.65. The van der Waals surface area contributed by atoms with Crippen LogP contribution in [0.5, 0.6) is 0 Å². The van der Waals surface area contributed by atoms with E-state index in [4.69, 9.17) is 21.9 Å². The van der Waals surface area contributed by atoms with Crippen molar-refractivity contribution in [1.29, 1.82) is 0 Å². The molecule has 2 N–H and O–H groups in total. The van der Waals surface area contributed by atoms with Crippen molar-refractivity contribution in [3.63, 3.8) is 0 Å². The second-order valence-corrected chi connectivity index (χ2v) is 5.06. The van der Waals surface area contributed by atoms with E-state index >= 15 is 0 Å². The molecule has 0 radical (unpaired) electrons. The molecule has 0 bridgehead atoms. The molecule has 0 spiro atoms. The molecule has 18 heavy (non-hydrogen) atoms. The van der Waals surface area contributed by atoms with Crippen molar-refractivity contribution >= 4 is 28.8 Å². The maximum atomic E-state index is 6.13. The van der Waals surface area contributed by atoms with Crippen molar-refractivity contribution in [3.8, 4) is 21.7 Å². The smallest absolute Gasteiger partial charge is 0.230 e. The summed E-state index contributed by atoms with van der Waals surface area (Å²) in [6.07, 6.45) is 0. The first-order valence-electron chi connectivity index (χ1n) is 5.31. The zero-order valence-corrected chi connectivity index (χ0v) is 10.8. The first kappa shape index (κ1) is 11.3. The lowest BCUT2D eigenvalue weighted by Crippen LogP contribution is -1.86. The second-order valence-electron chi connectivity index (χ2n) is 3.73. The van der Waals surface area contributed by atoms with Crippen LogP contribution in [0.1, 0.15) is 0 Å². The van der Waals surface area contributed by atoms with Crippen LogP contribution in [-0.4, -0.2) is 5.16 Å². The van der Waals surface area contributed by atoms with Crippen LogP contribution >= 0.6 is 22.9 Å². The minimum absolute atomic E-state index is 0.306. The topological polar surface area (TPSA) is 52.0 Å². The van der Waals surface area contributed by atoms with Gasteiger partial charge >= 0.3 is 0 Å². The Morgan fingerprint density at radius 3 is 2.61 bits per heavy atom. The Bertz CT molecular complexity index is 675. The van der Waals surface area contributed by atoms with Crippen LogP contribution in [-0.2, 0) is 0 Å². The van der Waals surface area contributed by atoms with E-state index in [2.05, 4.69) is 5.16 Å². The Labute approximate surface area is 113 Å². The van der Waals surface area contributed by atoms with Gasteiger partial charge in [0.2, 0.25) is 5.88 Å². The quantitative estimate of drug-likeness (QED) is 0.759. The van der Waals surface area contributed by atoms with Gasteiger partial charge in [-0.3, -0.25) is 0 Å². The van der Waals surface area contributed by atoms with Gasteiger partial charge in [-0.15, -0.1) is 11.3 Å². The van der Waals surface area contributed by atoms with E-state index in [0.29, 0.717) is 16.6 Å². The molecule has 3 aromatic rings. The monoisotopic (exact) mass is 276 g/mol. The third kappa shape index (κ3) is 1.79. The first-order chi connectivity index (χ1) is 8.77. The van der Waals surface area contributed by atoms with E-state index in [-0.39, 0.29) is 0 Å². The molecule has 0 atom stereocenters. The molecule has 0 aliphatic heterocycles. The van der Waals surface area contributed by atoms with Gasteiger partial charge in [0.05, 0.1) is 15.5 Å². The highest BCUT2D eigenvalue weighted by molar-refractivity contribution is 7.14. The summed E-state index contributed by atoms with van der Waals surface area (Å²) in [5, 5.41) is 6.59. The largest absolute Gasteiger partial charge is 0.367 e. The van der Waals surface area contributed by atoms with Gasteiger partial charge in [0.25, 0.3) is 0 Å². The summed E-state index contributed by atoms with van der Waals surface area (Å²) in [6.45, 7) is 0. The lowest BCUT2D eigenvalue weighted by molar-refractivity contribution is 0.439. The maximum Gasteiger partial charge on any atom is 0.230 e. The molecule has 1 aromatic carbocycles. The van der Waals surface area contributed by atoms with E-state index in [1.807, 2.05) is 41.8 Å². The Hall–Kier alpha value is -1.78. The molecule has 0 fully saturated rings. The van der Waals surface area contributed by atoms with Gasteiger partial charge in [-0.1, -0.05) is 47.1 Å². The summed E-state index contributed by atoms with van der Waals surface area (Å²) < 4.78 is 5.10. The molecule has 0 amide bonds. The van der Waals surface area contributed by atoms with Crippen LogP contribution < -0.4 is 5.73 Å². The number of thiophene rings is 1. The lowest BCUT2D eigenvalue weighted by Gasteiger charge is -2.01. The molecular formula is C13H9ClN2OS. The minimum Gasteiger partial charge on any atom is -0.367 e. The number of aromatic nitrogens is 1. The van der Waals surface area contributed by atoms with Gasteiger partial charge in [-0.25, -0.2) is 0 Å². The molecule has 0 aliphatic carbocycles. The number of hydrogen-bond acceptors (Lipinski definition) is 4. The minimum atomic E-state index is 0.306. The van der Waals surface area contributed by atoms with Crippen LogP contribution in [0.3, 0.4) is 0 Å². The van der Waals surface area contributed by atoms with Crippen LogP contribution in [0, 0.1) is 0 Å². The van der Waals surface area contributed by atoms with E-state index in [1.54, 1.807) is 0 Å². The molecule has 0 saturated carbocycles. The molecule has 0 aliphatic rings. The molecule has 3 nitrogen and oxygen atoms in total. The van der Waals surface area contributed by atoms with Crippen LogP contribution in [0.25, 0.3) is 21.7 Å². The van der Waals surface area contributed by atoms with Gasteiger partial charge < -0.3 is 10.3 Å². The Morgan fingerprint density at radius 2 is 1.94 bits per heavy atom. The number of benzene rings is 1. The van der Waals surface area contributed by atoms with Gasteiger partial charge in [0.1, 0.15) is 5.69 Å². The second kappa shape index (κ2) is 4.48. The number of halogens is 1. The fraction of sp³-hybridized carbons (Fsp3) is 0. The summed E-state index contributed by atoms with van der Waals surface area (Å²) in [5.74, 6) is 0.306. The van der Waals surface area contributed by atoms with E-state index < -0.39 is 0 Å². The fourth-order valence-corrected chi connectivity index (χ4v) is 2.94. The standard InChI is InChI=1S/C13H9ClN2OS/c14-9-6-7-18-12(9)11-10(13(15)17-16-11)8-4-2-1-3-5-8/h1-7H,15H2. The predicted octanol–water partition coefficient (Wildman–Crippen LogP) is 4.31. The average molecular weight is 277 g/mol. The third-order valence-electron chi connectivity index (χ3n) is 2.61. The summed E-state index contributed by atoms with van der Waals surface area (Å²) in [6, 6.07) is 11.6. The number of hydrogen-bond donors (Lipinski definition) is 1. The number of nitrogens with zero attached hydrogens (tertiary/aromatic N) is 1. The predicted molar refractivity (Wildman–Crippen MR) is 74.7 cm³/mol. The number of nitrogen functional groups attached to an aromatic ring is 1. The van der Waals surface area contributed by atoms with Crippen molar-refractivity contribution in [2.45, 2.75) is 0 Å². The van der Waals surface area contributed by atoms with Crippen LogP contribution in [0.4, 0.5) is 5.88 Å². The molecule has 3 rings (SSSR count). The number of anilines is 1. The molecule has 5 heteroatoms. The molecule has 2 heterocycles. The fourth-order valence-electron chi connectivity index (χ4n) is 1.80. The van der Waals surface area contributed by atoms with Crippen molar-refractivity contribution < 1.29 is 4.52 Å². The Morgan fingerprint density at radius 1 is 1.17 bits per heavy atom. The van der Waals surface area contributed by atoms with E-state index in [1.165, 1.54) is 11.3 Å². The van der Waals surface area contributed by atoms with Crippen LogP contribution in [0.2, 0.25) is 5.02 Å². The average Bonchev–Trinajstić information content (AvgIpc) is 2.96. The Balaban J connectivity index is 2.22. The first-order valence-corrected chi connectivity index (χ1v) is 6.57.